The highest BCUT2D eigenvalue weighted by Crippen LogP contribution is 2.18. The van der Waals surface area contributed by atoms with Crippen LogP contribution in [0, 0.1) is 5.82 Å². The van der Waals surface area contributed by atoms with Crippen LogP contribution in [-0.4, -0.2) is 44.1 Å². The number of hydrogen-bond donors (Lipinski definition) is 1. The van der Waals surface area contributed by atoms with Crippen LogP contribution in [0.4, 0.5) is 4.39 Å². The van der Waals surface area contributed by atoms with Crippen molar-refractivity contribution in [3.63, 3.8) is 0 Å². The van der Waals surface area contributed by atoms with Gasteiger partial charge in [0.05, 0.1) is 7.11 Å². The Hall–Kier alpha value is -1.62. The van der Waals surface area contributed by atoms with E-state index in [1.807, 2.05) is 0 Å². The fourth-order valence-corrected chi connectivity index (χ4v) is 2.58. The van der Waals surface area contributed by atoms with Gasteiger partial charge in [-0.05, 0) is 57.1 Å². The summed E-state index contributed by atoms with van der Waals surface area (Å²) in [6.07, 6.45) is 2.93. The van der Waals surface area contributed by atoms with Crippen molar-refractivity contribution in [1.29, 1.82) is 0 Å². The lowest BCUT2D eigenvalue weighted by Crippen LogP contribution is -2.43. The zero-order chi connectivity index (χ0) is 15.2. The highest BCUT2D eigenvalue weighted by atomic mass is 19.1. The molecule has 21 heavy (non-hydrogen) atoms. The van der Waals surface area contributed by atoms with E-state index in [-0.39, 0.29) is 23.5 Å². The minimum absolute atomic E-state index is 0.0424. The molecule has 5 heteroatoms. The molecule has 1 N–H and O–H groups in total. The molecule has 1 amide bonds. The molecule has 4 nitrogen and oxygen atoms in total. The van der Waals surface area contributed by atoms with E-state index in [1.165, 1.54) is 13.2 Å². The van der Waals surface area contributed by atoms with E-state index in [9.17, 15) is 9.18 Å². The van der Waals surface area contributed by atoms with Gasteiger partial charge in [-0.2, -0.15) is 0 Å². The first-order valence-corrected chi connectivity index (χ1v) is 7.39. The number of rotatable bonds is 5. The summed E-state index contributed by atoms with van der Waals surface area (Å²) in [5.74, 6) is -0.110. The summed E-state index contributed by atoms with van der Waals surface area (Å²) < 4.78 is 18.4. The maximum Gasteiger partial charge on any atom is 0.220 e. The summed E-state index contributed by atoms with van der Waals surface area (Å²) in [4.78, 5) is 14.2. The van der Waals surface area contributed by atoms with Crippen LogP contribution in [0.25, 0.3) is 0 Å². The highest BCUT2D eigenvalue weighted by Gasteiger charge is 2.18. The molecule has 0 aromatic heterocycles. The lowest BCUT2D eigenvalue weighted by atomic mass is 10.0. The predicted octanol–water partition coefficient (Wildman–Crippen LogP) is 1.98. The van der Waals surface area contributed by atoms with Gasteiger partial charge in [0, 0.05) is 12.5 Å². The van der Waals surface area contributed by atoms with Gasteiger partial charge in [-0.15, -0.1) is 0 Å². The fourth-order valence-electron chi connectivity index (χ4n) is 2.58. The number of aryl methyl sites for hydroxylation is 1. The minimum atomic E-state index is -0.384. The average molecular weight is 294 g/mol. The summed E-state index contributed by atoms with van der Waals surface area (Å²) in [6, 6.07) is 5.10. The number of halogens is 1. The Balaban J connectivity index is 1.77. The molecule has 1 aliphatic rings. The highest BCUT2D eigenvalue weighted by molar-refractivity contribution is 5.76. The van der Waals surface area contributed by atoms with E-state index < -0.39 is 0 Å². The van der Waals surface area contributed by atoms with Gasteiger partial charge in [-0.1, -0.05) is 6.07 Å². The van der Waals surface area contributed by atoms with Crippen molar-refractivity contribution in [3.05, 3.63) is 29.6 Å². The van der Waals surface area contributed by atoms with Gasteiger partial charge < -0.3 is 15.0 Å². The van der Waals surface area contributed by atoms with E-state index in [2.05, 4.69) is 17.3 Å². The SMILES string of the molecule is COc1ccc(CCC(=O)NC2CCN(C)CC2)cc1F. The fraction of sp³-hybridized carbons (Fsp3) is 0.562. The zero-order valence-electron chi connectivity index (χ0n) is 12.7. The Kier molecular flexibility index (Phi) is 5.56. The quantitative estimate of drug-likeness (QED) is 0.903. The van der Waals surface area contributed by atoms with E-state index in [0.29, 0.717) is 12.8 Å². The number of carbonyl (C=O) groups excluding carboxylic acids is 1. The Morgan fingerprint density at radius 1 is 1.43 bits per heavy atom. The second-order valence-electron chi connectivity index (χ2n) is 5.61. The summed E-state index contributed by atoms with van der Waals surface area (Å²) in [6.45, 7) is 2.04. The van der Waals surface area contributed by atoms with E-state index in [4.69, 9.17) is 4.74 Å². The number of ether oxygens (including phenoxy) is 1. The van der Waals surface area contributed by atoms with E-state index >= 15 is 0 Å². The molecule has 1 saturated heterocycles. The van der Waals surface area contributed by atoms with Gasteiger partial charge >= 0.3 is 0 Å². The molecule has 0 spiro atoms. The molecule has 0 bridgehead atoms. The smallest absolute Gasteiger partial charge is 0.220 e. The number of likely N-dealkylation sites (tertiary alicyclic amines) is 1. The molecule has 0 saturated carbocycles. The normalized spacial score (nSPS) is 16.7. The molecule has 0 radical (unpaired) electrons. The minimum Gasteiger partial charge on any atom is -0.494 e. The van der Waals surface area contributed by atoms with E-state index in [0.717, 1.165) is 31.5 Å². The second-order valence-corrected chi connectivity index (χ2v) is 5.61. The van der Waals surface area contributed by atoms with Crippen molar-refractivity contribution in [3.8, 4) is 5.75 Å². The van der Waals surface area contributed by atoms with Gasteiger partial charge in [0.15, 0.2) is 11.6 Å². The molecule has 1 aromatic carbocycles. The number of piperidine rings is 1. The standard InChI is InChI=1S/C16H23FN2O2/c1-19-9-7-13(8-10-19)18-16(20)6-4-12-3-5-15(21-2)14(17)11-12/h3,5,11,13H,4,6-10H2,1-2H3,(H,18,20). The summed E-state index contributed by atoms with van der Waals surface area (Å²) in [5.41, 5.74) is 0.812. The van der Waals surface area contributed by atoms with Crippen molar-refractivity contribution in [2.75, 3.05) is 27.2 Å². The number of amides is 1. The number of methoxy groups -OCH3 is 1. The van der Waals surface area contributed by atoms with Crippen LogP contribution in [0.3, 0.4) is 0 Å². The predicted molar refractivity (Wildman–Crippen MR) is 79.9 cm³/mol. The third-order valence-electron chi connectivity index (χ3n) is 3.94. The Morgan fingerprint density at radius 3 is 2.76 bits per heavy atom. The van der Waals surface area contributed by atoms with Crippen molar-refractivity contribution in [1.82, 2.24) is 10.2 Å². The van der Waals surface area contributed by atoms with Gasteiger partial charge in [0.1, 0.15) is 0 Å². The van der Waals surface area contributed by atoms with Crippen LogP contribution in [0.5, 0.6) is 5.75 Å². The van der Waals surface area contributed by atoms with E-state index in [1.54, 1.807) is 12.1 Å². The van der Waals surface area contributed by atoms with Crippen LogP contribution in [0.1, 0.15) is 24.8 Å². The van der Waals surface area contributed by atoms with Crippen molar-refractivity contribution >= 4 is 5.91 Å². The lowest BCUT2D eigenvalue weighted by molar-refractivity contribution is -0.122. The maximum absolute atomic E-state index is 13.6. The van der Waals surface area contributed by atoms with Gasteiger partial charge in [-0.3, -0.25) is 4.79 Å². The van der Waals surface area contributed by atoms with Crippen LogP contribution in [0.2, 0.25) is 0 Å². The number of nitrogens with one attached hydrogen (secondary N) is 1. The Morgan fingerprint density at radius 2 is 2.14 bits per heavy atom. The molecule has 1 aliphatic heterocycles. The molecule has 0 atom stereocenters. The largest absolute Gasteiger partial charge is 0.494 e. The molecular weight excluding hydrogens is 271 g/mol. The molecule has 0 unspecified atom stereocenters. The molecule has 0 aliphatic carbocycles. The topological polar surface area (TPSA) is 41.6 Å². The van der Waals surface area contributed by atoms with Crippen LogP contribution >= 0.6 is 0 Å². The van der Waals surface area contributed by atoms with Gasteiger partial charge in [0.25, 0.3) is 0 Å². The molecule has 1 aromatic rings. The number of benzene rings is 1. The van der Waals surface area contributed by atoms with Gasteiger partial charge in [-0.25, -0.2) is 4.39 Å². The van der Waals surface area contributed by atoms with Crippen molar-refractivity contribution in [2.45, 2.75) is 31.7 Å². The van der Waals surface area contributed by atoms with Crippen molar-refractivity contribution < 1.29 is 13.9 Å². The molecular formula is C16H23FN2O2. The first-order chi connectivity index (χ1) is 10.1. The summed E-state index contributed by atoms with van der Waals surface area (Å²) in [7, 11) is 3.53. The third kappa shape index (κ3) is 4.70. The summed E-state index contributed by atoms with van der Waals surface area (Å²) >= 11 is 0. The molecule has 2 rings (SSSR count). The monoisotopic (exact) mass is 294 g/mol. The second kappa shape index (κ2) is 7.41. The first-order valence-electron chi connectivity index (χ1n) is 7.39. The maximum atomic E-state index is 13.6. The first kappa shape index (κ1) is 15.8. The number of nitrogens with zero attached hydrogens (tertiary/aromatic N) is 1. The van der Waals surface area contributed by atoms with Crippen molar-refractivity contribution in [2.24, 2.45) is 0 Å². The van der Waals surface area contributed by atoms with Crippen LogP contribution < -0.4 is 10.1 Å². The Labute approximate surface area is 125 Å². The molecule has 116 valence electrons. The van der Waals surface area contributed by atoms with Crippen LogP contribution in [-0.2, 0) is 11.2 Å². The number of hydrogen-bond acceptors (Lipinski definition) is 3. The zero-order valence-corrected chi connectivity index (χ0v) is 12.7. The average Bonchev–Trinajstić information content (AvgIpc) is 2.48. The van der Waals surface area contributed by atoms with Gasteiger partial charge in [0.2, 0.25) is 5.91 Å². The molecule has 1 fully saturated rings. The lowest BCUT2D eigenvalue weighted by Gasteiger charge is -2.29. The third-order valence-corrected chi connectivity index (χ3v) is 3.94. The molecule has 1 heterocycles. The van der Waals surface area contributed by atoms with Crippen LogP contribution in [0.15, 0.2) is 18.2 Å². The summed E-state index contributed by atoms with van der Waals surface area (Å²) in [5, 5.41) is 3.06. The number of carbonyl (C=O) groups is 1. The Bertz CT molecular complexity index is 485.